The summed E-state index contributed by atoms with van der Waals surface area (Å²) in [4.78, 5) is 12.0. The fourth-order valence-corrected chi connectivity index (χ4v) is 4.32. The van der Waals surface area contributed by atoms with Gasteiger partial charge in [0.05, 0.1) is 10.6 Å². The Morgan fingerprint density at radius 3 is 2.12 bits per heavy atom. The normalized spacial score (nSPS) is 11.3. The number of benzene rings is 2. The first-order valence-electron chi connectivity index (χ1n) is 6.58. The topological polar surface area (TPSA) is 74.7 Å². The Kier molecular flexibility index (Phi) is 6.03. The Labute approximate surface area is 154 Å². The number of anilines is 1. The van der Waals surface area contributed by atoms with Crippen molar-refractivity contribution in [2.24, 2.45) is 0 Å². The van der Waals surface area contributed by atoms with E-state index >= 15 is 0 Å². The molecule has 0 saturated carbocycles. The number of rotatable bonds is 6. The molecule has 5 nitrogen and oxygen atoms in total. The van der Waals surface area contributed by atoms with Gasteiger partial charge in [-0.25, -0.2) is 8.42 Å². The number of thioether (sulfide) groups is 1. The standard InChI is InChI=1S/C15H13Cl2NO4S2/c1-23-13-2-4-14(5-3-13)24(21,22)18(9-15(19)20)12-7-10(16)6-11(17)8-12/h2-8H,9H2,1H3,(H,19,20). The maximum atomic E-state index is 12.9. The molecule has 2 aromatic rings. The van der Waals surface area contributed by atoms with E-state index in [2.05, 4.69) is 0 Å². The van der Waals surface area contributed by atoms with Gasteiger partial charge in [0, 0.05) is 14.9 Å². The SMILES string of the molecule is CSc1ccc(S(=O)(=O)N(CC(=O)O)c2cc(Cl)cc(Cl)c2)cc1. The molecule has 0 amide bonds. The third kappa shape index (κ3) is 4.36. The maximum absolute atomic E-state index is 12.9. The first-order chi connectivity index (χ1) is 11.2. The summed E-state index contributed by atoms with van der Waals surface area (Å²) in [7, 11) is -4.08. The molecular weight excluding hydrogens is 393 g/mol. The van der Waals surface area contributed by atoms with Crippen LogP contribution in [0.3, 0.4) is 0 Å². The molecule has 0 bridgehead atoms. The smallest absolute Gasteiger partial charge is 0.324 e. The summed E-state index contributed by atoms with van der Waals surface area (Å²) in [6, 6.07) is 10.3. The molecule has 0 aliphatic heterocycles. The van der Waals surface area contributed by atoms with Crippen molar-refractivity contribution in [1.82, 2.24) is 0 Å². The summed E-state index contributed by atoms with van der Waals surface area (Å²) in [5.41, 5.74) is 0.0869. The predicted octanol–water partition coefficient (Wildman–Crippen LogP) is 4.00. The van der Waals surface area contributed by atoms with Crippen molar-refractivity contribution in [1.29, 1.82) is 0 Å². The summed E-state index contributed by atoms with van der Waals surface area (Å²) in [5.74, 6) is -1.30. The highest BCUT2D eigenvalue weighted by Crippen LogP contribution is 2.30. The van der Waals surface area contributed by atoms with Gasteiger partial charge in [-0.3, -0.25) is 9.10 Å². The molecule has 0 aromatic heterocycles. The van der Waals surface area contributed by atoms with Crippen molar-refractivity contribution in [2.45, 2.75) is 9.79 Å². The van der Waals surface area contributed by atoms with Crippen LogP contribution in [0, 0.1) is 0 Å². The molecular formula is C15H13Cl2NO4S2. The molecule has 0 saturated heterocycles. The van der Waals surface area contributed by atoms with E-state index in [4.69, 9.17) is 28.3 Å². The highest BCUT2D eigenvalue weighted by molar-refractivity contribution is 7.98. The van der Waals surface area contributed by atoms with Crippen molar-refractivity contribution in [3.05, 3.63) is 52.5 Å². The Balaban J connectivity index is 2.54. The van der Waals surface area contributed by atoms with Crippen LogP contribution in [0.2, 0.25) is 10.0 Å². The summed E-state index contributed by atoms with van der Waals surface area (Å²) < 4.78 is 26.5. The molecule has 0 aliphatic carbocycles. The molecule has 0 atom stereocenters. The average molecular weight is 406 g/mol. The lowest BCUT2D eigenvalue weighted by Gasteiger charge is -2.23. The van der Waals surface area contributed by atoms with E-state index in [0.29, 0.717) is 0 Å². The number of sulfonamides is 1. The minimum absolute atomic E-state index is 0.0161. The highest BCUT2D eigenvalue weighted by Gasteiger charge is 2.27. The Morgan fingerprint density at radius 1 is 1.12 bits per heavy atom. The van der Waals surface area contributed by atoms with Gasteiger partial charge in [0.15, 0.2) is 0 Å². The second-order valence-electron chi connectivity index (χ2n) is 4.71. The lowest BCUT2D eigenvalue weighted by atomic mass is 10.3. The molecule has 24 heavy (non-hydrogen) atoms. The molecule has 0 spiro atoms. The van der Waals surface area contributed by atoms with Crippen molar-refractivity contribution in [2.75, 3.05) is 17.1 Å². The van der Waals surface area contributed by atoms with Crippen LogP contribution in [0.25, 0.3) is 0 Å². The molecule has 1 N–H and O–H groups in total. The molecule has 2 rings (SSSR count). The maximum Gasteiger partial charge on any atom is 0.324 e. The Morgan fingerprint density at radius 2 is 1.67 bits per heavy atom. The molecule has 0 aliphatic rings. The van der Waals surface area contributed by atoms with Gasteiger partial charge in [0.2, 0.25) is 0 Å². The minimum atomic E-state index is -4.08. The molecule has 0 fully saturated rings. The number of carboxylic acids is 1. The van der Waals surface area contributed by atoms with E-state index in [1.807, 2.05) is 6.26 Å². The summed E-state index contributed by atoms with van der Waals surface area (Å²) in [6.45, 7) is -0.747. The summed E-state index contributed by atoms with van der Waals surface area (Å²) in [5, 5.41) is 9.52. The third-order valence-electron chi connectivity index (χ3n) is 3.06. The summed E-state index contributed by atoms with van der Waals surface area (Å²) in [6.07, 6.45) is 1.87. The largest absolute Gasteiger partial charge is 0.480 e. The zero-order valence-corrected chi connectivity index (χ0v) is 15.6. The van der Waals surface area contributed by atoms with Gasteiger partial charge in [-0.15, -0.1) is 11.8 Å². The number of aliphatic carboxylic acids is 1. The van der Waals surface area contributed by atoms with Gasteiger partial charge in [-0.05, 0) is 48.7 Å². The van der Waals surface area contributed by atoms with Crippen molar-refractivity contribution in [3.8, 4) is 0 Å². The number of nitrogens with zero attached hydrogens (tertiary/aromatic N) is 1. The molecule has 0 radical (unpaired) electrons. The number of hydrogen-bond donors (Lipinski definition) is 1. The molecule has 0 unspecified atom stereocenters. The van der Waals surface area contributed by atoms with Gasteiger partial charge in [-0.1, -0.05) is 23.2 Å². The van der Waals surface area contributed by atoms with Crippen LogP contribution in [0.15, 0.2) is 52.3 Å². The molecule has 0 heterocycles. The fraction of sp³-hybridized carbons (Fsp3) is 0.133. The van der Waals surface area contributed by atoms with E-state index in [1.165, 1.54) is 42.1 Å². The van der Waals surface area contributed by atoms with Gasteiger partial charge in [0.1, 0.15) is 6.54 Å². The fourth-order valence-electron chi connectivity index (χ4n) is 2.00. The molecule has 128 valence electrons. The molecule has 9 heteroatoms. The van der Waals surface area contributed by atoms with Crippen LogP contribution in [0.5, 0.6) is 0 Å². The highest BCUT2D eigenvalue weighted by atomic mass is 35.5. The van der Waals surface area contributed by atoms with Crippen molar-refractivity contribution in [3.63, 3.8) is 0 Å². The lowest BCUT2D eigenvalue weighted by molar-refractivity contribution is -0.135. The summed E-state index contributed by atoms with van der Waals surface area (Å²) >= 11 is 13.3. The van der Waals surface area contributed by atoms with E-state index in [-0.39, 0.29) is 20.6 Å². The first kappa shape index (κ1) is 18.9. The van der Waals surface area contributed by atoms with Crippen LogP contribution < -0.4 is 4.31 Å². The minimum Gasteiger partial charge on any atom is -0.480 e. The van der Waals surface area contributed by atoms with Gasteiger partial charge in [-0.2, -0.15) is 0 Å². The number of hydrogen-bond acceptors (Lipinski definition) is 4. The van der Waals surface area contributed by atoms with Crippen LogP contribution >= 0.6 is 35.0 Å². The van der Waals surface area contributed by atoms with Gasteiger partial charge in [0.25, 0.3) is 10.0 Å². The first-order valence-corrected chi connectivity index (χ1v) is 10.0. The number of carbonyl (C=O) groups is 1. The van der Waals surface area contributed by atoms with Crippen molar-refractivity contribution < 1.29 is 18.3 Å². The average Bonchev–Trinajstić information content (AvgIpc) is 2.51. The predicted molar refractivity (Wildman–Crippen MR) is 96.9 cm³/mol. The van der Waals surface area contributed by atoms with Crippen molar-refractivity contribution >= 4 is 56.6 Å². The quantitative estimate of drug-likeness (QED) is 0.735. The Bertz CT molecular complexity index is 834. The van der Waals surface area contributed by atoms with Crippen LogP contribution in [0.4, 0.5) is 5.69 Å². The Hall–Kier alpha value is -1.41. The second-order valence-corrected chi connectivity index (χ2v) is 8.32. The van der Waals surface area contributed by atoms with E-state index in [0.717, 1.165) is 9.20 Å². The van der Waals surface area contributed by atoms with E-state index in [9.17, 15) is 13.2 Å². The zero-order chi connectivity index (χ0) is 17.9. The molecule has 2 aromatic carbocycles. The zero-order valence-electron chi connectivity index (χ0n) is 12.4. The van der Waals surface area contributed by atoms with Gasteiger partial charge < -0.3 is 5.11 Å². The number of halogens is 2. The van der Waals surface area contributed by atoms with Crippen LogP contribution in [-0.4, -0.2) is 32.3 Å². The third-order valence-corrected chi connectivity index (χ3v) is 6.03. The lowest BCUT2D eigenvalue weighted by Crippen LogP contribution is -2.35. The monoisotopic (exact) mass is 405 g/mol. The van der Waals surface area contributed by atoms with E-state index < -0.39 is 22.5 Å². The van der Waals surface area contributed by atoms with Gasteiger partial charge >= 0.3 is 5.97 Å². The second kappa shape index (κ2) is 7.65. The van der Waals surface area contributed by atoms with Crippen LogP contribution in [0.1, 0.15) is 0 Å². The number of carboxylic acid groups (broad SMARTS) is 1. The van der Waals surface area contributed by atoms with Crippen LogP contribution in [-0.2, 0) is 14.8 Å². The van der Waals surface area contributed by atoms with E-state index in [1.54, 1.807) is 12.1 Å².